The standard InChI is InChI=1S/C14H18N2O2S/c1-3-17-11-6-5-10(7-12(11)18-4-2)14(15)13-8-16-9-19-13/h5-9,14H,3-4,15H2,1-2H3. The molecule has 102 valence electrons. The molecule has 4 nitrogen and oxygen atoms in total. The zero-order valence-corrected chi connectivity index (χ0v) is 11.9. The fourth-order valence-electron chi connectivity index (χ4n) is 1.80. The topological polar surface area (TPSA) is 57.4 Å². The Labute approximate surface area is 117 Å². The van der Waals surface area contributed by atoms with Gasteiger partial charge in [0.05, 0.1) is 24.8 Å². The highest BCUT2D eigenvalue weighted by atomic mass is 32.1. The number of hydrogen-bond acceptors (Lipinski definition) is 5. The van der Waals surface area contributed by atoms with E-state index in [1.165, 1.54) is 0 Å². The minimum atomic E-state index is -0.178. The van der Waals surface area contributed by atoms with Crippen LogP contribution in [0.15, 0.2) is 29.9 Å². The Balaban J connectivity index is 2.29. The van der Waals surface area contributed by atoms with Crippen molar-refractivity contribution in [2.75, 3.05) is 13.2 Å². The highest BCUT2D eigenvalue weighted by molar-refractivity contribution is 7.09. The second-order valence-electron chi connectivity index (χ2n) is 3.95. The minimum absolute atomic E-state index is 0.178. The monoisotopic (exact) mass is 278 g/mol. The van der Waals surface area contributed by atoms with Crippen LogP contribution in [0.5, 0.6) is 11.5 Å². The lowest BCUT2D eigenvalue weighted by Crippen LogP contribution is -2.11. The molecule has 1 heterocycles. The van der Waals surface area contributed by atoms with Gasteiger partial charge in [0.1, 0.15) is 0 Å². The van der Waals surface area contributed by atoms with Gasteiger partial charge in [0, 0.05) is 11.1 Å². The third-order valence-corrected chi connectivity index (χ3v) is 3.54. The fourth-order valence-corrected chi connectivity index (χ4v) is 2.45. The van der Waals surface area contributed by atoms with E-state index >= 15 is 0 Å². The molecule has 1 aromatic heterocycles. The average molecular weight is 278 g/mol. The molecule has 1 aromatic carbocycles. The number of rotatable bonds is 6. The van der Waals surface area contributed by atoms with Gasteiger partial charge in [-0.3, -0.25) is 4.98 Å². The van der Waals surface area contributed by atoms with E-state index in [-0.39, 0.29) is 6.04 Å². The predicted octanol–water partition coefficient (Wildman–Crippen LogP) is 2.99. The number of thiazole rings is 1. The zero-order valence-electron chi connectivity index (χ0n) is 11.1. The van der Waals surface area contributed by atoms with E-state index in [1.807, 2.05) is 32.0 Å². The first-order chi connectivity index (χ1) is 9.26. The highest BCUT2D eigenvalue weighted by Gasteiger charge is 2.14. The first kappa shape index (κ1) is 13.8. The average Bonchev–Trinajstić information content (AvgIpc) is 2.94. The van der Waals surface area contributed by atoms with Crippen molar-refractivity contribution in [2.24, 2.45) is 5.73 Å². The Morgan fingerprint density at radius 3 is 2.58 bits per heavy atom. The number of aromatic nitrogens is 1. The van der Waals surface area contributed by atoms with Crippen LogP contribution in [0.4, 0.5) is 0 Å². The summed E-state index contributed by atoms with van der Waals surface area (Å²) in [6, 6.07) is 5.64. The number of benzene rings is 1. The summed E-state index contributed by atoms with van der Waals surface area (Å²) in [6.45, 7) is 5.11. The van der Waals surface area contributed by atoms with Crippen LogP contribution in [0.1, 0.15) is 30.3 Å². The van der Waals surface area contributed by atoms with Gasteiger partial charge < -0.3 is 15.2 Å². The van der Waals surface area contributed by atoms with Crippen LogP contribution in [-0.4, -0.2) is 18.2 Å². The van der Waals surface area contributed by atoms with Crippen molar-refractivity contribution >= 4 is 11.3 Å². The summed E-state index contributed by atoms with van der Waals surface area (Å²) in [4.78, 5) is 5.09. The maximum atomic E-state index is 6.22. The SMILES string of the molecule is CCOc1ccc(C(N)c2cncs2)cc1OCC. The predicted molar refractivity (Wildman–Crippen MR) is 76.9 cm³/mol. The maximum absolute atomic E-state index is 6.22. The number of nitrogens with two attached hydrogens (primary N) is 1. The van der Waals surface area contributed by atoms with E-state index in [2.05, 4.69) is 4.98 Å². The summed E-state index contributed by atoms with van der Waals surface area (Å²) in [5, 5.41) is 0. The van der Waals surface area contributed by atoms with Crippen LogP contribution < -0.4 is 15.2 Å². The highest BCUT2D eigenvalue weighted by Crippen LogP contribution is 2.32. The Hall–Kier alpha value is -1.59. The van der Waals surface area contributed by atoms with Crippen LogP contribution in [0.25, 0.3) is 0 Å². The van der Waals surface area contributed by atoms with Gasteiger partial charge in [0.2, 0.25) is 0 Å². The number of hydrogen-bond donors (Lipinski definition) is 1. The van der Waals surface area contributed by atoms with Gasteiger partial charge >= 0.3 is 0 Å². The molecular formula is C14H18N2O2S. The van der Waals surface area contributed by atoms with Crippen molar-refractivity contribution in [3.05, 3.63) is 40.3 Å². The molecule has 5 heteroatoms. The lowest BCUT2D eigenvalue weighted by molar-refractivity contribution is 0.287. The van der Waals surface area contributed by atoms with Crippen LogP contribution >= 0.6 is 11.3 Å². The molecular weight excluding hydrogens is 260 g/mol. The quantitative estimate of drug-likeness (QED) is 0.882. The molecule has 0 fully saturated rings. The maximum Gasteiger partial charge on any atom is 0.161 e. The summed E-state index contributed by atoms with van der Waals surface area (Å²) in [6.07, 6.45) is 1.80. The van der Waals surface area contributed by atoms with E-state index in [0.29, 0.717) is 13.2 Å². The molecule has 1 unspecified atom stereocenters. The molecule has 2 aromatic rings. The molecule has 0 spiro atoms. The van der Waals surface area contributed by atoms with Crippen molar-refractivity contribution in [1.29, 1.82) is 0 Å². The second-order valence-corrected chi connectivity index (χ2v) is 4.87. The summed E-state index contributed by atoms with van der Waals surface area (Å²) in [7, 11) is 0. The van der Waals surface area contributed by atoms with E-state index in [1.54, 1.807) is 23.0 Å². The molecule has 0 bridgehead atoms. The Kier molecular flexibility index (Phi) is 4.76. The van der Waals surface area contributed by atoms with E-state index in [4.69, 9.17) is 15.2 Å². The van der Waals surface area contributed by atoms with E-state index in [0.717, 1.165) is 21.9 Å². The molecule has 0 saturated heterocycles. The Morgan fingerprint density at radius 1 is 1.21 bits per heavy atom. The van der Waals surface area contributed by atoms with E-state index in [9.17, 15) is 0 Å². The third kappa shape index (κ3) is 3.24. The summed E-state index contributed by atoms with van der Waals surface area (Å²) >= 11 is 1.55. The lowest BCUT2D eigenvalue weighted by atomic mass is 10.1. The smallest absolute Gasteiger partial charge is 0.161 e. The fraction of sp³-hybridized carbons (Fsp3) is 0.357. The van der Waals surface area contributed by atoms with Crippen molar-refractivity contribution in [2.45, 2.75) is 19.9 Å². The molecule has 1 atom stereocenters. The van der Waals surface area contributed by atoms with Crippen molar-refractivity contribution in [1.82, 2.24) is 4.98 Å². The van der Waals surface area contributed by atoms with Crippen LogP contribution in [0.2, 0.25) is 0 Å². The van der Waals surface area contributed by atoms with Gasteiger partial charge in [0.25, 0.3) is 0 Å². The largest absolute Gasteiger partial charge is 0.490 e. The molecule has 0 aliphatic rings. The van der Waals surface area contributed by atoms with Gasteiger partial charge in [0.15, 0.2) is 11.5 Å². The van der Waals surface area contributed by atoms with Gasteiger partial charge in [-0.2, -0.15) is 0 Å². The minimum Gasteiger partial charge on any atom is -0.490 e. The van der Waals surface area contributed by atoms with Crippen molar-refractivity contribution < 1.29 is 9.47 Å². The number of ether oxygens (including phenoxy) is 2. The molecule has 0 aliphatic carbocycles. The Morgan fingerprint density at radius 2 is 1.95 bits per heavy atom. The van der Waals surface area contributed by atoms with Crippen LogP contribution in [0.3, 0.4) is 0 Å². The lowest BCUT2D eigenvalue weighted by Gasteiger charge is -2.15. The zero-order chi connectivity index (χ0) is 13.7. The summed E-state index contributed by atoms with van der Waals surface area (Å²) < 4.78 is 11.1. The van der Waals surface area contributed by atoms with Gasteiger partial charge in [-0.05, 0) is 31.5 Å². The second kappa shape index (κ2) is 6.54. The Bertz CT molecular complexity index is 514. The van der Waals surface area contributed by atoms with Gasteiger partial charge in [-0.15, -0.1) is 11.3 Å². The van der Waals surface area contributed by atoms with Gasteiger partial charge in [-0.1, -0.05) is 6.07 Å². The molecule has 2 N–H and O–H groups in total. The molecule has 0 aliphatic heterocycles. The van der Waals surface area contributed by atoms with Crippen LogP contribution in [-0.2, 0) is 0 Å². The molecule has 2 rings (SSSR count). The number of nitrogens with zero attached hydrogens (tertiary/aromatic N) is 1. The molecule has 0 amide bonds. The van der Waals surface area contributed by atoms with Crippen LogP contribution in [0, 0.1) is 0 Å². The van der Waals surface area contributed by atoms with Crippen molar-refractivity contribution in [3.8, 4) is 11.5 Å². The van der Waals surface area contributed by atoms with Gasteiger partial charge in [-0.25, -0.2) is 0 Å². The first-order valence-corrected chi connectivity index (χ1v) is 7.17. The molecule has 0 saturated carbocycles. The first-order valence-electron chi connectivity index (χ1n) is 6.29. The normalized spacial score (nSPS) is 12.2. The summed E-state index contributed by atoms with van der Waals surface area (Å²) in [5.74, 6) is 1.49. The summed E-state index contributed by atoms with van der Waals surface area (Å²) in [5.41, 5.74) is 9.01. The molecule has 0 radical (unpaired) electrons. The van der Waals surface area contributed by atoms with E-state index < -0.39 is 0 Å². The van der Waals surface area contributed by atoms with Crippen molar-refractivity contribution in [3.63, 3.8) is 0 Å². The third-order valence-electron chi connectivity index (χ3n) is 2.68. The molecule has 19 heavy (non-hydrogen) atoms.